The predicted octanol–water partition coefficient (Wildman–Crippen LogP) is 2.39. The number of hydrogen-bond acceptors (Lipinski definition) is 3. The van der Waals surface area contributed by atoms with E-state index in [0.29, 0.717) is 24.4 Å². The lowest BCUT2D eigenvalue weighted by atomic mass is 9.96. The first kappa shape index (κ1) is 17.1. The van der Waals surface area contributed by atoms with Crippen LogP contribution in [0, 0.1) is 0 Å². The molecule has 27 heavy (non-hydrogen) atoms. The fraction of sp³-hybridized carbons (Fsp3) is 0.238. The maximum Gasteiger partial charge on any atom is 0.319 e. The van der Waals surface area contributed by atoms with Gasteiger partial charge in [0.1, 0.15) is 5.75 Å². The number of carbonyl (C=O) groups excluding carboxylic acids is 2. The van der Waals surface area contributed by atoms with E-state index in [9.17, 15) is 9.59 Å². The van der Waals surface area contributed by atoms with Crippen LogP contribution in [0.2, 0.25) is 0 Å². The van der Waals surface area contributed by atoms with Crippen molar-refractivity contribution in [1.29, 1.82) is 0 Å². The summed E-state index contributed by atoms with van der Waals surface area (Å²) in [5.74, 6) is 0.785. The Morgan fingerprint density at radius 1 is 1.07 bits per heavy atom. The van der Waals surface area contributed by atoms with E-state index in [1.165, 1.54) is 0 Å². The monoisotopic (exact) mass is 363 g/mol. The number of benzene rings is 2. The summed E-state index contributed by atoms with van der Waals surface area (Å²) < 4.78 is 5.17. The molecule has 6 heteroatoms. The van der Waals surface area contributed by atoms with Crippen LogP contribution in [0.5, 0.6) is 5.75 Å². The molecule has 6 nitrogen and oxygen atoms in total. The van der Waals surface area contributed by atoms with Crippen molar-refractivity contribution in [3.05, 3.63) is 77.0 Å². The molecule has 2 aromatic carbocycles. The molecule has 2 aliphatic rings. The van der Waals surface area contributed by atoms with Gasteiger partial charge in [0.25, 0.3) is 5.91 Å². The molecule has 2 aromatic rings. The lowest BCUT2D eigenvalue weighted by Gasteiger charge is -2.25. The van der Waals surface area contributed by atoms with Crippen LogP contribution in [0.4, 0.5) is 4.79 Å². The summed E-state index contributed by atoms with van der Waals surface area (Å²) in [6.45, 7) is 1.02. The van der Waals surface area contributed by atoms with E-state index >= 15 is 0 Å². The van der Waals surface area contributed by atoms with Crippen molar-refractivity contribution >= 4 is 11.9 Å². The molecule has 0 radical (unpaired) electrons. The Bertz CT molecular complexity index is 891. The molecule has 0 saturated carbocycles. The number of methoxy groups -OCH3 is 1. The first-order chi connectivity index (χ1) is 13.2. The smallest absolute Gasteiger partial charge is 0.319 e. The normalized spacial score (nSPS) is 18.9. The molecule has 2 aliphatic heterocycles. The van der Waals surface area contributed by atoms with E-state index in [1.807, 2.05) is 54.6 Å². The zero-order valence-corrected chi connectivity index (χ0v) is 15.1. The van der Waals surface area contributed by atoms with E-state index in [2.05, 4.69) is 10.6 Å². The van der Waals surface area contributed by atoms with E-state index in [-0.39, 0.29) is 11.9 Å². The van der Waals surface area contributed by atoms with Gasteiger partial charge in [-0.2, -0.15) is 0 Å². The summed E-state index contributed by atoms with van der Waals surface area (Å²) in [6.07, 6.45) is 0.744. The van der Waals surface area contributed by atoms with Crippen LogP contribution in [0.25, 0.3) is 0 Å². The van der Waals surface area contributed by atoms with Gasteiger partial charge >= 0.3 is 6.03 Å². The van der Waals surface area contributed by atoms with Gasteiger partial charge in [-0.3, -0.25) is 4.79 Å². The molecule has 0 aliphatic carbocycles. The number of nitrogens with zero attached hydrogens (tertiary/aromatic N) is 1. The molecular weight excluding hydrogens is 342 g/mol. The fourth-order valence-corrected chi connectivity index (χ4v) is 3.56. The van der Waals surface area contributed by atoms with Crippen LogP contribution >= 0.6 is 0 Å². The van der Waals surface area contributed by atoms with Gasteiger partial charge in [0, 0.05) is 6.54 Å². The van der Waals surface area contributed by atoms with Gasteiger partial charge in [0.05, 0.1) is 31.0 Å². The minimum absolute atomic E-state index is 0.0279. The average Bonchev–Trinajstić information content (AvgIpc) is 3.02. The molecule has 4 rings (SSSR count). The second-order valence-electron chi connectivity index (χ2n) is 6.66. The molecular formula is C21H21N3O3. The quantitative estimate of drug-likeness (QED) is 0.857. The second kappa shape index (κ2) is 7.15. The Labute approximate surface area is 157 Å². The molecule has 3 amide bonds. The molecule has 2 heterocycles. The van der Waals surface area contributed by atoms with E-state index in [0.717, 1.165) is 23.3 Å². The van der Waals surface area contributed by atoms with Gasteiger partial charge in [-0.1, -0.05) is 42.5 Å². The molecule has 0 saturated heterocycles. The van der Waals surface area contributed by atoms with E-state index in [4.69, 9.17) is 4.74 Å². The molecule has 0 unspecified atom stereocenters. The third-order valence-electron chi connectivity index (χ3n) is 4.98. The lowest BCUT2D eigenvalue weighted by Crippen LogP contribution is -2.44. The predicted molar refractivity (Wildman–Crippen MR) is 101 cm³/mol. The Morgan fingerprint density at radius 3 is 2.52 bits per heavy atom. The number of carbonyl (C=O) groups is 2. The van der Waals surface area contributed by atoms with Crippen LogP contribution in [0.15, 0.2) is 65.9 Å². The van der Waals surface area contributed by atoms with Gasteiger partial charge in [-0.25, -0.2) is 4.79 Å². The van der Waals surface area contributed by atoms with Crippen LogP contribution in [0.3, 0.4) is 0 Å². The molecule has 0 bridgehead atoms. The SMILES string of the molecule is COc1ccc(CCN2CC3=C(C2=O)[C@H](c2ccccc2)NC(=O)N3)cc1. The largest absolute Gasteiger partial charge is 0.497 e. The number of rotatable bonds is 5. The number of hydrogen-bond donors (Lipinski definition) is 2. The van der Waals surface area contributed by atoms with Crippen molar-refractivity contribution in [2.75, 3.05) is 20.2 Å². The minimum atomic E-state index is -0.409. The van der Waals surface area contributed by atoms with Gasteiger partial charge in [0.2, 0.25) is 0 Å². The van der Waals surface area contributed by atoms with Crippen molar-refractivity contribution in [3.63, 3.8) is 0 Å². The number of nitrogens with one attached hydrogen (secondary N) is 2. The third kappa shape index (κ3) is 3.38. The Hall–Kier alpha value is -3.28. The van der Waals surface area contributed by atoms with Crippen molar-refractivity contribution < 1.29 is 14.3 Å². The summed E-state index contributed by atoms with van der Waals surface area (Å²) in [5, 5.41) is 5.67. The summed E-state index contributed by atoms with van der Waals surface area (Å²) >= 11 is 0. The van der Waals surface area contributed by atoms with Crippen molar-refractivity contribution in [3.8, 4) is 5.75 Å². The van der Waals surface area contributed by atoms with Gasteiger partial charge in [-0.15, -0.1) is 0 Å². The highest BCUT2D eigenvalue weighted by Crippen LogP contribution is 2.32. The van der Waals surface area contributed by atoms with Crippen molar-refractivity contribution in [1.82, 2.24) is 15.5 Å². The zero-order chi connectivity index (χ0) is 18.8. The number of urea groups is 1. The second-order valence-corrected chi connectivity index (χ2v) is 6.66. The average molecular weight is 363 g/mol. The molecule has 1 atom stereocenters. The maximum atomic E-state index is 13.0. The summed E-state index contributed by atoms with van der Waals surface area (Å²) in [5.41, 5.74) is 3.38. The van der Waals surface area contributed by atoms with Crippen LogP contribution < -0.4 is 15.4 Å². The van der Waals surface area contributed by atoms with E-state index in [1.54, 1.807) is 12.0 Å². The molecule has 0 spiro atoms. The fourth-order valence-electron chi connectivity index (χ4n) is 3.56. The standard InChI is InChI=1S/C21H21N3O3/c1-27-16-9-7-14(8-10-16)11-12-24-13-17-18(20(24)25)19(23-21(26)22-17)15-5-3-2-4-6-15/h2-10,19H,11-13H2,1H3,(H2,22,23,26)/t19-/m0/s1. The maximum absolute atomic E-state index is 13.0. The van der Waals surface area contributed by atoms with E-state index < -0.39 is 6.04 Å². The third-order valence-corrected chi connectivity index (χ3v) is 4.98. The minimum Gasteiger partial charge on any atom is -0.497 e. The van der Waals surface area contributed by atoms with Crippen LogP contribution in [-0.2, 0) is 11.2 Å². The number of amides is 3. The Morgan fingerprint density at radius 2 is 1.81 bits per heavy atom. The molecule has 138 valence electrons. The summed E-state index contributed by atoms with van der Waals surface area (Å²) in [7, 11) is 1.64. The van der Waals surface area contributed by atoms with Crippen LogP contribution in [-0.4, -0.2) is 37.0 Å². The first-order valence-electron chi connectivity index (χ1n) is 8.93. The Kier molecular flexibility index (Phi) is 4.54. The zero-order valence-electron chi connectivity index (χ0n) is 15.1. The molecule has 0 aromatic heterocycles. The van der Waals surface area contributed by atoms with Gasteiger partial charge < -0.3 is 20.3 Å². The lowest BCUT2D eigenvalue weighted by molar-refractivity contribution is -0.125. The van der Waals surface area contributed by atoms with Gasteiger partial charge in [0.15, 0.2) is 0 Å². The highest BCUT2D eigenvalue weighted by Gasteiger charge is 2.39. The highest BCUT2D eigenvalue weighted by molar-refractivity contribution is 6.01. The van der Waals surface area contributed by atoms with Gasteiger partial charge in [-0.05, 0) is 29.7 Å². The first-order valence-corrected chi connectivity index (χ1v) is 8.93. The Balaban J connectivity index is 1.49. The van der Waals surface area contributed by atoms with Crippen LogP contribution in [0.1, 0.15) is 17.2 Å². The molecule has 2 N–H and O–H groups in total. The summed E-state index contributed by atoms with van der Waals surface area (Å²) in [4.78, 5) is 26.8. The highest BCUT2D eigenvalue weighted by atomic mass is 16.5. The van der Waals surface area contributed by atoms with Crippen molar-refractivity contribution in [2.45, 2.75) is 12.5 Å². The topological polar surface area (TPSA) is 70.7 Å². The number of ether oxygens (including phenoxy) is 1. The van der Waals surface area contributed by atoms with Crippen molar-refractivity contribution in [2.24, 2.45) is 0 Å². The molecule has 0 fully saturated rings. The summed E-state index contributed by atoms with van der Waals surface area (Å²) in [6, 6.07) is 16.7.